The molecule has 1 heterocycles. The van der Waals surface area contributed by atoms with Crippen LogP contribution >= 0.6 is 0 Å². The fourth-order valence-corrected chi connectivity index (χ4v) is 2.23. The monoisotopic (exact) mass is 305 g/mol. The fraction of sp³-hybridized carbons (Fsp3) is 0.500. The van der Waals surface area contributed by atoms with Crippen molar-refractivity contribution >= 4 is 0 Å². The molecule has 1 aromatic heterocycles. The first-order chi connectivity index (χ1) is 10.5. The molecule has 0 atom stereocenters. The Labute approximate surface area is 130 Å². The molecule has 1 aromatic carbocycles. The Bertz CT molecular complexity index is 591. The molecule has 6 nitrogen and oxygen atoms in total. The van der Waals surface area contributed by atoms with Crippen LogP contribution in [0.15, 0.2) is 28.8 Å². The smallest absolute Gasteiger partial charge is 0.241 e. The van der Waals surface area contributed by atoms with Crippen LogP contribution in [0.3, 0.4) is 0 Å². The van der Waals surface area contributed by atoms with E-state index in [9.17, 15) is 10.2 Å². The molecule has 2 rings (SSSR count). The molecule has 22 heavy (non-hydrogen) atoms. The minimum absolute atomic E-state index is 0.0771. The van der Waals surface area contributed by atoms with Gasteiger partial charge in [0.25, 0.3) is 0 Å². The number of aromatic nitrogens is 2. The zero-order valence-corrected chi connectivity index (χ0v) is 13.3. The lowest BCUT2D eigenvalue weighted by Gasteiger charge is -2.29. The van der Waals surface area contributed by atoms with E-state index in [0.717, 1.165) is 5.56 Å². The lowest BCUT2D eigenvalue weighted by Crippen LogP contribution is -2.38. The SMILES string of the molecule is Cc1ccc(-c2noc(CN(C)CC(C)(CO)CO)n2)cc1. The molecule has 0 saturated heterocycles. The highest BCUT2D eigenvalue weighted by molar-refractivity contribution is 5.54. The van der Waals surface area contributed by atoms with Gasteiger partial charge in [0.15, 0.2) is 0 Å². The fourth-order valence-electron chi connectivity index (χ4n) is 2.23. The number of aliphatic hydroxyl groups excluding tert-OH is 2. The lowest BCUT2D eigenvalue weighted by molar-refractivity contribution is 0.0378. The van der Waals surface area contributed by atoms with Gasteiger partial charge in [-0.2, -0.15) is 4.98 Å². The highest BCUT2D eigenvalue weighted by Gasteiger charge is 2.25. The van der Waals surface area contributed by atoms with Crippen molar-refractivity contribution in [3.8, 4) is 11.4 Å². The van der Waals surface area contributed by atoms with Gasteiger partial charge in [-0.3, -0.25) is 4.90 Å². The van der Waals surface area contributed by atoms with E-state index in [4.69, 9.17) is 4.52 Å². The van der Waals surface area contributed by atoms with E-state index in [2.05, 4.69) is 10.1 Å². The zero-order valence-electron chi connectivity index (χ0n) is 13.3. The van der Waals surface area contributed by atoms with Crippen molar-refractivity contribution in [1.82, 2.24) is 15.0 Å². The molecule has 0 aliphatic heterocycles. The summed E-state index contributed by atoms with van der Waals surface area (Å²) in [4.78, 5) is 6.33. The van der Waals surface area contributed by atoms with Gasteiger partial charge in [0, 0.05) is 17.5 Å². The summed E-state index contributed by atoms with van der Waals surface area (Å²) in [6, 6.07) is 7.93. The van der Waals surface area contributed by atoms with E-state index >= 15 is 0 Å². The van der Waals surface area contributed by atoms with Gasteiger partial charge >= 0.3 is 0 Å². The normalized spacial score (nSPS) is 12.1. The Morgan fingerprint density at radius 2 is 1.82 bits per heavy atom. The van der Waals surface area contributed by atoms with Crippen LogP contribution < -0.4 is 0 Å². The molecule has 2 N–H and O–H groups in total. The number of rotatable bonds is 7. The molecule has 2 aromatic rings. The maximum absolute atomic E-state index is 9.34. The van der Waals surface area contributed by atoms with E-state index in [-0.39, 0.29) is 13.2 Å². The zero-order chi connectivity index (χ0) is 16.2. The molecule has 0 unspecified atom stereocenters. The van der Waals surface area contributed by atoms with Gasteiger partial charge in [0.05, 0.1) is 19.8 Å². The Balaban J connectivity index is 2.01. The van der Waals surface area contributed by atoms with Crippen molar-refractivity contribution in [3.63, 3.8) is 0 Å². The minimum Gasteiger partial charge on any atom is -0.396 e. The predicted octanol–water partition coefficient (Wildman–Crippen LogP) is 1.47. The average Bonchev–Trinajstić information content (AvgIpc) is 2.96. The summed E-state index contributed by atoms with van der Waals surface area (Å²) in [5.41, 5.74) is 1.55. The van der Waals surface area contributed by atoms with E-state index < -0.39 is 5.41 Å². The van der Waals surface area contributed by atoms with E-state index in [1.54, 1.807) is 0 Å². The number of benzene rings is 1. The van der Waals surface area contributed by atoms with Gasteiger partial charge in [0.2, 0.25) is 11.7 Å². The van der Waals surface area contributed by atoms with Gasteiger partial charge in [-0.1, -0.05) is 41.9 Å². The molecule has 0 radical (unpaired) electrons. The molecule has 0 spiro atoms. The maximum atomic E-state index is 9.34. The van der Waals surface area contributed by atoms with Crippen molar-refractivity contribution in [2.45, 2.75) is 20.4 Å². The van der Waals surface area contributed by atoms with Crippen LogP contribution in [0.5, 0.6) is 0 Å². The summed E-state index contributed by atoms with van der Waals surface area (Å²) >= 11 is 0. The number of nitrogens with zero attached hydrogens (tertiary/aromatic N) is 3. The Morgan fingerprint density at radius 3 is 2.41 bits per heavy atom. The molecule has 0 saturated carbocycles. The van der Waals surface area contributed by atoms with Gasteiger partial charge in [-0.05, 0) is 14.0 Å². The predicted molar refractivity (Wildman–Crippen MR) is 83.1 cm³/mol. The van der Waals surface area contributed by atoms with Crippen molar-refractivity contribution in [1.29, 1.82) is 0 Å². The number of aryl methyl sites for hydroxylation is 1. The summed E-state index contributed by atoms with van der Waals surface area (Å²) in [5, 5.41) is 22.7. The Morgan fingerprint density at radius 1 is 1.18 bits per heavy atom. The third-order valence-corrected chi connectivity index (χ3v) is 3.60. The van der Waals surface area contributed by atoms with Crippen LogP contribution in [0, 0.1) is 12.3 Å². The third-order valence-electron chi connectivity index (χ3n) is 3.60. The van der Waals surface area contributed by atoms with Crippen LogP contribution in [0.2, 0.25) is 0 Å². The number of aliphatic hydroxyl groups is 2. The molecular formula is C16H23N3O3. The van der Waals surface area contributed by atoms with Gasteiger partial charge in [-0.25, -0.2) is 0 Å². The third kappa shape index (κ3) is 4.13. The summed E-state index contributed by atoms with van der Waals surface area (Å²) in [5.74, 6) is 1.08. The van der Waals surface area contributed by atoms with Crippen LogP contribution in [0.4, 0.5) is 0 Å². The first kappa shape index (κ1) is 16.6. The van der Waals surface area contributed by atoms with Gasteiger partial charge in [-0.15, -0.1) is 0 Å². The Kier molecular flexibility index (Phi) is 5.28. The molecular weight excluding hydrogens is 282 g/mol. The molecule has 0 aliphatic rings. The van der Waals surface area contributed by atoms with Gasteiger partial charge < -0.3 is 14.7 Å². The van der Waals surface area contributed by atoms with Crippen molar-refractivity contribution in [2.24, 2.45) is 5.41 Å². The van der Waals surface area contributed by atoms with Crippen LogP contribution in [-0.2, 0) is 6.54 Å². The second-order valence-electron chi connectivity index (χ2n) is 6.18. The van der Waals surface area contributed by atoms with Crippen molar-refractivity contribution in [3.05, 3.63) is 35.7 Å². The van der Waals surface area contributed by atoms with E-state index in [1.165, 1.54) is 5.56 Å². The van der Waals surface area contributed by atoms with Crippen molar-refractivity contribution < 1.29 is 14.7 Å². The first-order valence-corrected chi connectivity index (χ1v) is 7.26. The van der Waals surface area contributed by atoms with Crippen LogP contribution in [0.25, 0.3) is 11.4 Å². The molecule has 0 aliphatic carbocycles. The van der Waals surface area contributed by atoms with Crippen LogP contribution in [0.1, 0.15) is 18.4 Å². The quantitative estimate of drug-likeness (QED) is 0.806. The van der Waals surface area contributed by atoms with Gasteiger partial charge in [0.1, 0.15) is 0 Å². The summed E-state index contributed by atoms with van der Waals surface area (Å²) < 4.78 is 5.27. The summed E-state index contributed by atoms with van der Waals surface area (Å²) in [7, 11) is 1.89. The highest BCUT2D eigenvalue weighted by Crippen LogP contribution is 2.19. The summed E-state index contributed by atoms with van der Waals surface area (Å²) in [6.07, 6.45) is 0. The van der Waals surface area contributed by atoms with Crippen molar-refractivity contribution in [2.75, 3.05) is 26.8 Å². The van der Waals surface area contributed by atoms with E-state index in [0.29, 0.717) is 24.8 Å². The highest BCUT2D eigenvalue weighted by atomic mass is 16.5. The largest absolute Gasteiger partial charge is 0.396 e. The second kappa shape index (κ2) is 7.00. The molecule has 120 valence electrons. The number of hydrogen-bond donors (Lipinski definition) is 2. The average molecular weight is 305 g/mol. The lowest BCUT2D eigenvalue weighted by atomic mass is 9.92. The van der Waals surface area contributed by atoms with Crippen LogP contribution in [-0.4, -0.2) is 52.1 Å². The second-order valence-corrected chi connectivity index (χ2v) is 6.18. The number of hydrogen-bond acceptors (Lipinski definition) is 6. The molecule has 0 fully saturated rings. The summed E-state index contributed by atoms with van der Waals surface area (Å²) in [6.45, 7) is 4.70. The first-order valence-electron chi connectivity index (χ1n) is 7.26. The topological polar surface area (TPSA) is 82.6 Å². The maximum Gasteiger partial charge on any atom is 0.241 e. The van der Waals surface area contributed by atoms with E-state index in [1.807, 2.05) is 50.1 Å². The standard InChI is InChI=1S/C16H23N3O3/c1-12-4-6-13(7-5-12)15-17-14(22-18-15)8-19(3)9-16(2,10-20)11-21/h4-7,20-21H,8-11H2,1-3H3. The Hall–Kier alpha value is -1.76. The minimum atomic E-state index is -0.547. The molecule has 0 amide bonds. The molecule has 6 heteroatoms. The molecule has 0 bridgehead atoms.